The molecule has 1 N–H and O–H groups in total. The number of hydrogen-bond acceptors (Lipinski definition) is 3. The molecule has 0 bridgehead atoms. The van der Waals surface area contributed by atoms with Gasteiger partial charge < -0.3 is 5.32 Å². The summed E-state index contributed by atoms with van der Waals surface area (Å²) in [5.74, 6) is -1.15. The third kappa shape index (κ3) is 3.03. The molecule has 6 nitrogen and oxygen atoms in total. The summed E-state index contributed by atoms with van der Waals surface area (Å²) in [6, 6.07) is 6.42. The van der Waals surface area contributed by atoms with Crippen LogP contribution >= 0.6 is 0 Å². The first-order valence-electron chi connectivity index (χ1n) is 6.28. The molecule has 102 valence electrons. The molecule has 1 heterocycles. The Morgan fingerprint density at radius 3 is 2.85 bits per heavy atom. The molecule has 0 radical (unpaired) electrons. The van der Waals surface area contributed by atoms with Crippen molar-refractivity contribution in [1.29, 1.82) is 0 Å². The molecule has 0 unspecified atom stereocenters. The van der Waals surface area contributed by atoms with Gasteiger partial charge >= 0.3 is 11.8 Å². The Balaban J connectivity index is 2.28. The van der Waals surface area contributed by atoms with Crippen LogP contribution in [0.15, 0.2) is 41.5 Å². The first-order valence-corrected chi connectivity index (χ1v) is 6.28. The van der Waals surface area contributed by atoms with Gasteiger partial charge in [-0.15, -0.1) is 0 Å². The number of rotatable bonds is 4. The average molecular weight is 272 g/mol. The van der Waals surface area contributed by atoms with Gasteiger partial charge in [0, 0.05) is 30.3 Å². The summed E-state index contributed by atoms with van der Waals surface area (Å²) in [7, 11) is 0. The van der Waals surface area contributed by atoms with Crippen LogP contribution in [0.1, 0.15) is 23.7 Å². The minimum atomic E-state index is -0.509. The molecule has 6 heteroatoms. The van der Waals surface area contributed by atoms with Crippen molar-refractivity contribution in [2.45, 2.75) is 13.3 Å². The van der Waals surface area contributed by atoms with E-state index in [0.29, 0.717) is 17.8 Å². The summed E-state index contributed by atoms with van der Waals surface area (Å²) in [6.07, 6.45) is 3.10. The van der Waals surface area contributed by atoms with Crippen LogP contribution in [0.25, 0.3) is 0 Å². The molecule has 0 fully saturated rings. The molecule has 1 aromatic rings. The van der Waals surface area contributed by atoms with Crippen LogP contribution in [-0.4, -0.2) is 29.0 Å². The molecule has 3 amide bonds. The molecule has 20 heavy (non-hydrogen) atoms. The number of carbonyl (C=O) groups excluding carboxylic acids is 3. The summed E-state index contributed by atoms with van der Waals surface area (Å²) in [6.45, 7) is 2.54. The lowest BCUT2D eigenvalue weighted by Crippen LogP contribution is -2.24. The lowest BCUT2D eigenvalue weighted by atomic mass is 10.2. The van der Waals surface area contributed by atoms with E-state index in [4.69, 9.17) is 0 Å². The van der Waals surface area contributed by atoms with E-state index in [-0.39, 0.29) is 5.91 Å². The zero-order valence-electron chi connectivity index (χ0n) is 11.0. The Morgan fingerprint density at radius 1 is 1.30 bits per heavy atom. The third-order valence-corrected chi connectivity index (χ3v) is 2.66. The van der Waals surface area contributed by atoms with Crippen LogP contribution in [0.3, 0.4) is 0 Å². The minimum Gasteiger partial charge on any atom is -0.352 e. The van der Waals surface area contributed by atoms with Gasteiger partial charge in [0.05, 0.1) is 11.2 Å². The van der Waals surface area contributed by atoms with Gasteiger partial charge in [0.25, 0.3) is 5.91 Å². The minimum absolute atomic E-state index is 0.222. The van der Waals surface area contributed by atoms with Crippen molar-refractivity contribution in [2.75, 3.05) is 6.54 Å². The van der Waals surface area contributed by atoms with Crippen LogP contribution in [0.4, 0.5) is 5.69 Å². The molecule has 2 rings (SSSR count). The van der Waals surface area contributed by atoms with E-state index >= 15 is 0 Å². The standard InChI is InChI=1S/C14H13N3O3/c1-2-8-15-14(20)10-4-3-5-11(9-10)17-13(19)7-6-12(18)16-17/h3-7,9H,2,8H2,1H3/p+1. The highest BCUT2D eigenvalue weighted by Gasteiger charge is 2.26. The predicted octanol–water partition coefficient (Wildman–Crippen LogP) is 1.55. The Hall–Kier alpha value is -2.63. The predicted molar refractivity (Wildman–Crippen MR) is 70.6 cm³/mol. The lowest BCUT2D eigenvalue weighted by Gasteiger charge is -2.03. The van der Waals surface area contributed by atoms with Gasteiger partial charge in [-0.05, 0) is 17.2 Å². The maximum atomic E-state index is 11.9. The maximum Gasteiger partial charge on any atom is 0.443 e. The van der Waals surface area contributed by atoms with E-state index in [1.807, 2.05) is 6.92 Å². The number of nitrogens with one attached hydrogen (secondary N) is 1. The Bertz CT molecular complexity index is 632. The van der Waals surface area contributed by atoms with Crippen LogP contribution in [0.2, 0.25) is 0 Å². The van der Waals surface area contributed by atoms with E-state index in [1.54, 1.807) is 18.2 Å². The molecule has 1 aliphatic rings. The van der Waals surface area contributed by atoms with Crippen LogP contribution in [-0.2, 0) is 9.59 Å². The monoisotopic (exact) mass is 272 g/mol. The molecule has 0 spiro atoms. The highest BCUT2D eigenvalue weighted by Crippen LogP contribution is 2.17. The maximum absolute atomic E-state index is 11.9. The summed E-state index contributed by atoms with van der Waals surface area (Å²) >= 11 is 0. The summed E-state index contributed by atoms with van der Waals surface area (Å²) in [5.41, 5.74) is 0.804. The molecule has 0 aromatic heterocycles. The van der Waals surface area contributed by atoms with Crippen LogP contribution in [0.5, 0.6) is 0 Å². The van der Waals surface area contributed by atoms with Gasteiger partial charge in [0.1, 0.15) is 0 Å². The first-order chi connectivity index (χ1) is 9.61. The van der Waals surface area contributed by atoms with Gasteiger partial charge in [0.2, 0.25) is 5.69 Å². The van der Waals surface area contributed by atoms with Crippen LogP contribution in [0, 0.1) is 0 Å². The lowest BCUT2D eigenvalue weighted by molar-refractivity contribution is -0.425. The average Bonchev–Trinajstić information content (AvgIpc) is 2.47. The summed E-state index contributed by atoms with van der Waals surface area (Å²) in [5, 5.41) is 6.37. The van der Waals surface area contributed by atoms with Crippen molar-refractivity contribution in [2.24, 2.45) is 5.11 Å². The molecule has 0 atom stereocenters. The Kier molecular flexibility index (Phi) is 4.14. The topological polar surface area (TPSA) is 78.6 Å². The molecule has 1 aromatic carbocycles. The third-order valence-electron chi connectivity index (χ3n) is 2.66. The highest BCUT2D eigenvalue weighted by molar-refractivity contribution is 5.98. The zero-order chi connectivity index (χ0) is 14.5. The molecule has 0 saturated carbocycles. The number of carbonyl (C=O) groups is 3. The first kappa shape index (κ1) is 13.8. The van der Waals surface area contributed by atoms with Crippen LogP contribution < -0.4 is 5.32 Å². The molecule has 0 saturated heterocycles. The number of nitrogens with zero attached hydrogens (tertiary/aromatic N) is 2. The zero-order valence-corrected chi connectivity index (χ0v) is 11.0. The number of azo groups is 2. The van der Waals surface area contributed by atoms with Crippen molar-refractivity contribution in [3.05, 3.63) is 42.0 Å². The van der Waals surface area contributed by atoms with Gasteiger partial charge in [-0.1, -0.05) is 13.0 Å². The summed E-state index contributed by atoms with van der Waals surface area (Å²) < 4.78 is 0.985. The SMILES string of the molecule is CCCNC(=O)c1cccc([N+]2=NC(=O)C=CC2=O)c1. The van der Waals surface area contributed by atoms with Gasteiger partial charge in [-0.2, -0.15) is 0 Å². The second kappa shape index (κ2) is 6.01. The van der Waals surface area contributed by atoms with Crippen molar-refractivity contribution >= 4 is 23.4 Å². The van der Waals surface area contributed by atoms with Gasteiger partial charge in [-0.3, -0.25) is 9.59 Å². The molecule has 0 aliphatic carbocycles. The van der Waals surface area contributed by atoms with Crippen molar-refractivity contribution < 1.29 is 19.1 Å². The van der Waals surface area contributed by atoms with E-state index in [9.17, 15) is 14.4 Å². The molecular formula is C14H14N3O3+. The second-order valence-electron chi connectivity index (χ2n) is 4.23. The van der Waals surface area contributed by atoms with E-state index < -0.39 is 11.8 Å². The number of benzene rings is 1. The number of hydrogen-bond donors (Lipinski definition) is 1. The molecular weight excluding hydrogens is 258 g/mol. The number of amides is 3. The normalized spacial score (nSPS) is 14.2. The fourth-order valence-electron chi connectivity index (χ4n) is 1.70. The van der Waals surface area contributed by atoms with Crippen molar-refractivity contribution in [3.8, 4) is 0 Å². The van der Waals surface area contributed by atoms with E-state index in [0.717, 1.165) is 23.3 Å². The summed E-state index contributed by atoms with van der Waals surface area (Å²) in [4.78, 5) is 34.8. The largest absolute Gasteiger partial charge is 0.443 e. The van der Waals surface area contributed by atoms with E-state index in [1.165, 1.54) is 6.07 Å². The highest BCUT2D eigenvalue weighted by atomic mass is 16.2. The smallest absolute Gasteiger partial charge is 0.352 e. The van der Waals surface area contributed by atoms with E-state index in [2.05, 4.69) is 10.4 Å². The Labute approximate surface area is 115 Å². The Morgan fingerprint density at radius 2 is 2.10 bits per heavy atom. The van der Waals surface area contributed by atoms with Gasteiger partial charge in [-0.25, -0.2) is 4.79 Å². The molecule has 1 aliphatic heterocycles. The van der Waals surface area contributed by atoms with Gasteiger partial charge in [0.15, 0.2) is 0 Å². The second-order valence-corrected chi connectivity index (χ2v) is 4.23. The fourth-order valence-corrected chi connectivity index (χ4v) is 1.70. The van der Waals surface area contributed by atoms with Crippen molar-refractivity contribution in [3.63, 3.8) is 0 Å². The fraction of sp³-hybridized carbons (Fsp3) is 0.214. The van der Waals surface area contributed by atoms with Crippen molar-refractivity contribution in [1.82, 2.24) is 5.32 Å². The quantitative estimate of drug-likeness (QED) is 0.844.